The maximum atomic E-state index is 5.85. The van der Waals surface area contributed by atoms with Gasteiger partial charge in [-0.3, -0.25) is 5.84 Å². The maximum absolute atomic E-state index is 5.85. The molecule has 0 unspecified atom stereocenters. The van der Waals surface area contributed by atoms with Crippen molar-refractivity contribution in [2.75, 3.05) is 19.8 Å². The van der Waals surface area contributed by atoms with Crippen LogP contribution in [0.5, 0.6) is 0 Å². The third kappa shape index (κ3) is 16.3. The van der Waals surface area contributed by atoms with E-state index in [-0.39, 0.29) is 0 Å². The fourth-order valence-electron chi connectivity index (χ4n) is 2.58. The Labute approximate surface area is 139 Å². The Kier molecular flexibility index (Phi) is 17.1. The van der Waals surface area contributed by atoms with E-state index in [2.05, 4.69) is 20.8 Å². The zero-order valence-electron chi connectivity index (χ0n) is 15.6. The number of hydrogen-bond donors (Lipinski definition) is 1. The first kappa shape index (κ1) is 21.9. The largest absolute Gasteiger partial charge is 0.381 e. The second kappa shape index (κ2) is 17.2. The van der Waals surface area contributed by atoms with Gasteiger partial charge in [0.05, 0.1) is 0 Å². The van der Waals surface area contributed by atoms with Crippen LogP contribution in [-0.4, -0.2) is 30.8 Å². The fraction of sp³-hybridized carbons (Fsp3) is 1.00. The highest BCUT2D eigenvalue weighted by molar-refractivity contribution is 4.54. The highest BCUT2D eigenvalue weighted by Crippen LogP contribution is 2.11. The molecule has 0 aromatic carbocycles. The second-order valence-corrected chi connectivity index (χ2v) is 6.83. The van der Waals surface area contributed by atoms with E-state index < -0.39 is 0 Å². The molecule has 0 rings (SSSR count). The number of unbranched alkanes of at least 4 members (excludes halogenated alkanes) is 10. The number of rotatable bonds is 17. The first-order valence-corrected chi connectivity index (χ1v) is 9.77. The molecule has 0 atom stereocenters. The molecule has 0 aliphatic rings. The highest BCUT2D eigenvalue weighted by Gasteiger charge is 2.02. The molecule has 3 nitrogen and oxygen atoms in total. The van der Waals surface area contributed by atoms with Crippen molar-refractivity contribution in [2.45, 2.75) is 104 Å². The molecule has 0 fully saturated rings. The van der Waals surface area contributed by atoms with Crippen LogP contribution >= 0.6 is 0 Å². The molecule has 0 bridgehead atoms. The summed E-state index contributed by atoms with van der Waals surface area (Å²) in [6.07, 6.45) is 16.3. The number of hydrazine groups is 1. The summed E-state index contributed by atoms with van der Waals surface area (Å²) in [5.74, 6) is 5.85. The molecular weight excluding hydrogens is 272 g/mol. The Balaban J connectivity index is 3.03. The molecule has 0 radical (unpaired) electrons. The summed E-state index contributed by atoms with van der Waals surface area (Å²) < 4.78 is 5.66. The van der Waals surface area contributed by atoms with Crippen LogP contribution in [-0.2, 0) is 4.74 Å². The summed E-state index contributed by atoms with van der Waals surface area (Å²) in [5.41, 5.74) is 0. The van der Waals surface area contributed by atoms with Gasteiger partial charge < -0.3 is 4.74 Å². The van der Waals surface area contributed by atoms with Crippen LogP contribution in [0.2, 0.25) is 0 Å². The van der Waals surface area contributed by atoms with Crippen molar-refractivity contribution in [3.05, 3.63) is 0 Å². The van der Waals surface area contributed by atoms with Gasteiger partial charge in [-0.1, -0.05) is 71.1 Å². The van der Waals surface area contributed by atoms with E-state index in [4.69, 9.17) is 10.6 Å². The van der Waals surface area contributed by atoms with E-state index in [1.165, 1.54) is 70.6 Å². The minimum Gasteiger partial charge on any atom is -0.381 e. The first-order valence-electron chi connectivity index (χ1n) is 9.77. The van der Waals surface area contributed by atoms with Crippen LogP contribution in [0.4, 0.5) is 0 Å². The third-order valence-corrected chi connectivity index (χ3v) is 4.26. The van der Waals surface area contributed by atoms with E-state index in [1.54, 1.807) is 0 Å². The number of hydrogen-bond acceptors (Lipinski definition) is 3. The summed E-state index contributed by atoms with van der Waals surface area (Å²) >= 11 is 0. The molecule has 134 valence electrons. The molecule has 3 heteroatoms. The monoisotopic (exact) mass is 314 g/mol. The van der Waals surface area contributed by atoms with Crippen LogP contribution in [0, 0.1) is 0 Å². The minimum atomic E-state index is 0.423. The van der Waals surface area contributed by atoms with E-state index in [9.17, 15) is 0 Å². The van der Waals surface area contributed by atoms with E-state index in [1.807, 2.05) is 5.01 Å². The Morgan fingerprint density at radius 1 is 0.727 bits per heavy atom. The molecule has 0 saturated carbocycles. The molecule has 0 heterocycles. The molecule has 0 aliphatic heterocycles. The average molecular weight is 315 g/mol. The van der Waals surface area contributed by atoms with Crippen molar-refractivity contribution in [2.24, 2.45) is 5.84 Å². The van der Waals surface area contributed by atoms with Gasteiger partial charge in [-0.05, 0) is 26.7 Å². The van der Waals surface area contributed by atoms with Crippen LogP contribution < -0.4 is 5.84 Å². The Morgan fingerprint density at radius 2 is 1.18 bits per heavy atom. The fourth-order valence-corrected chi connectivity index (χ4v) is 2.58. The standard InChI is InChI=1S/C19H42N2O/c1-4-5-6-7-8-9-10-11-12-13-14-17-22-18-15-16-21(20)19(2)3/h19H,4-18,20H2,1-3H3. The van der Waals surface area contributed by atoms with Crippen LogP contribution in [0.25, 0.3) is 0 Å². The minimum absolute atomic E-state index is 0.423. The summed E-state index contributed by atoms with van der Waals surface area (Å²) in [6, 6.07) is 0.423. The summed E-state index contributed by atoms with van der Waals surface area (Å²) in [4.78, 5) is 0. The zero-order valence-corrected chi connectivity index (χ0v) is 15.6. The predicted octanol–water partition coefficient (Wildman–Crippen LogP) is 5.29. The molecule has 0 aliphatic carbocycles. The van der Waals surface area contributed by atoms with Gasteiger partial charge in [0, 0.05) is 25.8 Å². The molecule has 0 aromatic heterocycles. The summed E-state index contributed by atoms with van der Waals surface area (Å²) in [5, 5.41) is 1.88. The lowest BCUT2D eigenvalue weighted by atomic mass is 10.1. The van der Waals surface area contributed by atoms with Crippen molar-refractivity contribution in [1.29, 1.82) is 0 Å². The van der Waals surface area contributed by atoms with Crippen LogP contribution in [0.15, 0.2) is 0 Å². The Bertz CT molecular complexity index is 210. The van der Waals surface area contributed by atoms with Gasteiger partial charge in [0.1, 0.15) is 0 Å². The number of ether oxygens (including phenoxy) is 1. The van der Waals surface area contributed by atoms with Crippen molar-refractivity contribution in [3.8, 4) is 0 Å². The van der Waals surface area contributed by atoms with Crippen molar-refractivity contribution >= 4 is 0 Å². The second-order valence-electron chi connectivity index (χ2n) is 6.83. The van der Waals surface area contributed by atoms with Crippen molar-refractivity contribution < 1.29 is 4.74 Å². The Morgan fingerprint density at radius 3 is 1.68 bits per heavy atom. The van der Waals surface area contributed by atoms with Gasteiger partial charge >= 0.3 is 0 Å². The topological polar surface area (TPSA) is 38.5 Å². The smallest absolute Gasteiger partial charge is 0.0478 e. The lowest BCUT2D eigenvalue weighted by Gasteiger charge is -2.20. The first-order chi connectivity index (χ1) is 10.7. The predicted molar refractivity (Wildman–Crippen MR) is 97.9 cm³/mol. The van der Waals surface area contributed by atoms with E-state index in [0.717, 1.165) is 26.2 Å². The van der Waals surface area contributed by atoms with E-state index >= 15 is 0 Å². The van der Waals surface area contributed by atoms with Gasteiger partial charge in [-0.15, -0.1) is 0 Å². The lowest BCUT2D eigenvalue weighted by molar-refractivity contribution is 0.112. The third-order valence-electron chi connectivity index (χ3n) is 4.26. The molecule has 2 N–H and O–H groups in total. The van der Waals surface area contributed by atoms with Crippen LogP contribution in [0.3, 0.4) is 0 Å². The van der Waals surface area contributed by atoms with Gasteiger partial charge in [0.2, 0.25) is 0 Å². The Hall–Kier alpha value is -0.120. The number of nitrogens with two attached hydrogens (primary N) is 1. The molecule has 22 heavy (non-hydrogen) atoms. The quantitative estimate of drug-likeness (QED) is 0.225. The molecule has 0 spiro atoms. The van der Waals surface area contributed by atoms with Gasteiger partial charge in [0.25, 0.3) is 0 Å². The van der Waals surface area contributed by atoms with Gasteiger partial charge in [-0.2, -0.15) is 0 Å². The van der Waals surface area contributed by atoms with Gasteiger partial charge in [0.15, 0.2) is 0 Å². The zero-order chi connectivity index (χ0) is 16.5. The van der Waals surface area contributed by atoms with E-state index in [0.29, 0.717) is 6.04 Å². The summed E-state index contributed by atoms with van der Waals surface area (Å²) in [7, 11) is 0. The molecule has 0 aromatic rings. The SMILES string of the molecule is CCCCCCCCCCCCCOCCCN(N)C(C)C. The molecule has 0 amide bonds. The normalized spacial score (nSPS) is 11.7. The maximum Gasteiger partial charge on any atom is 0.0478 e. The molecule has 0 saturated heterocycles. The average Bonchev–Trinajstić information content (AvgIpc) is 2.50. The van der Waals surface area contributed by atoms with Crippen LogP contribution in [0.1, 0.15) is 97.8 Å². The van der Waals surface area contributed by atoms with Crippen molar-refractivity contribution in [1.82, 2.24) is 5.01 Å². The van der Waals surface area contributed by atoms with Crippen molar-refractivity contribution in [3.63, 3.8) is 0 Å². The lowest BCUT2D eigenvalue weighted by Crippen LogP contribution is -2.38. The number of nitrogens with zero attached hydrogens (tertiary/aromatic N) is 1. The molecular formula is C19H42N2O. The van der Waals surface area contributed by atoms with Gasteiger partial charge in [-0.25, -0.2) is 5.01 Å². The summed E-state index contributed by atoms with van der Waals surface area (Å²) in [6.45, 7) is 9.21. The highest BCUT2D eigenvalue weighted by atomic mass is 16.5.